The van der Waals surface area contributed by atoms with E-state index in [1.54, 1.807) is 0 Å². The van der Waals surface area contributed by atoms with Crippen LogP contribution in [0.1, 0.15) is 13.8 Å². The van der Waals surface area contributed by atoms with Gasteiger partial charge in [-0.05, 0) is 13.8 Å². The highest BCUT2D eigenvalue weighted by Crippen LogP contribution is 2.01. The Labute approximate surface area is 66.0 Å². The van der Waals surface area contributed by atoms with E-state index in [1.807, 2.05) is 0 Å². The van der Waals surface area contributed by atoms with Crippen LogP contribution in [0, 0.1) is 0 Å². The monoisotopic (exact) mass is 178 g/mol. The molecule has 0 heterocycles. The number of carbonyl (C=O) groups excluding carboxylic acids is 1. The number of carbonyl (C=O) groups is 1. The van der Waals surface area contributed by atoms with Gasteiger partial charge >= 0.3 is 10.1 Å². The molecule has 64 valence electrons. The molecule has 0 N–H and O–H groups in total. The van der Waals surface area contributed by atoms with E-state index >= 15 is 0 Å². The molecule has 0 aromatic rings. The number of rotatable bonds is 3. The van der Waals surface area contributed by atoms with Crippen molar-refractivity contribution in [3.05, 3.63) is 12.2 Å². The Balaban J connectivity index is 4.59. The number of hydrogen-bond donors (Lipinski definition) is 0. The lowest BCUT2D eigenvalue weighted by Gasteiger charge is -1.99. The van der Waals surface area contributed by atoms with E-state index in [0.717, 1.165) is 0 Å². The average molecular weight is 178 g/mol. The summed E-state index contributed by atoms with van der Waals surface area (Å²) in [5.74, 6) is 0. The van der Waals surface area contributed by atoms with E-state index in [1.165, 1.54) is 13.8 Å². The average Bonchev–Trinajstić information content (AvgIpc) is 1.86. The molecular formula is C6H10O4S. The van der Waals surface area contributed by atoms with Gasteiger partial charge in [-0.25, -0.2) is 0 Å². The van der Waals surface area contributed by atoms with Gasteiger partial charge in [0, 0.05) is 5.57 Å². The standard InChI is InChI=1S/C6H10O4S/c1-4-10-11(8,9)6(7)5(2)3/h2,4H2,1,3H3. The molecule has 0 aliphatic rings. The Hall–Kier alpha value is -0.680. The summed E-state index contributed by atoms with van der Waals surface area (Å²) in [5.41, 5.74) is -0.0431. The summed E-state index contributed by atoms with van der Waals surface area (Å²) < 4.78 is 25.7. The summed E-state index contributed by atoms with van der Waals surface area (Å²) in [6.07, 6.45) is 0. The molecule has 0 atom stereocenters. The van der Waals surface area contributed by atoms with Gasteiger partial charge in [-0.3, -0.25) is 8.98 Å². The molecule has 5 heteroatoms. The van der Waals surface area contributed by atoms with Gasteiger partial charge in [0.15, 0.2) is 0 Å². The normalized spacial score (nSPS) is 11.1. The van der Waals surface area contributed by atoms with Crippen LogP contribution >= 0.6 is 0 Å². The molecule has 0 saturated carbocycles. The minimum Gasteiger partial charge on any atom is -0.274 e. The lowest BCUT2D eigenvalue weighted by molar-refractivity contribution is -0.109. The third kappa shape index (κ3) is 2.81. The molecule has 0 fully saturated rings. The lowest BCUT2D eigenvalue weighted by Crippen LogP contribution is -2.17. The molecule has 0 unspecified atom stereocenters. The minimum atomic E-state index is -4.05. The van der Waals surface area contributed by atoms with Crippen LogP contribution in [0.5, 0.6) is 0 Å². The van der Waals surface area contributed by atoms with Crippen molar-refractivity contribution in [2.45, 2.75) is 13.8 Å². The smallest absolute Gasteiger partial charge is 0.274 e. The van der Waals surface area contributed by atoms with E-state index in [0.29, 0.717) is 0 Å². The Morgan fingerprint density at radius 1 is 1.55 bits per heavy atom. The van der Waals surface area contributed by atoms with Crippen LogP contribution in [-0.4, -0.2) is 20.1 Å². The second-order valence-corrected chi connectivity index (χ2v) is 3.44. The van der Waals surface area contributed by atoms with Gasteiger partial charge in [0.2, 0.25) is 0 Å². The van der Waals surface area contributed by atoms with E-state index in [2.05, 4.69) is 10.8 Å². The van der Waals surface area contributed by atoms with E-state index in [4.69, 9.17) is 0 Å². The first-order valence-electron chi connectivity index (χ1n) is 3.01. The topological polar surface area (TPSA) is 60.4 Å². The Morgan fingerprint density at radius 2 is 2.00 bits per heavy atom. The van der Waals surface area contributed by atoms with Gasteiger partial charge in [-0.1, -0.05) is 6.58 Å². The zero-order valence-corrected chi connectivity index (χ0v) is 7.27. The highest BCUT2D eigenvalue weighted by molar-refractivity contribution is 8.02. The van der Waals surface area contributed by atoms with Gasteiger partial charge in [-0.15, -0.1) is 0 Å². The first-order chi connectivity index (χ1) is 4.91. The maximum absolute atomic E-state index is 10.7. The summed E-state index contributed by atoms with van der Waals surface area (Å²) in [6.45, 7) is 5.96. The Bertz CT molecular complexity index is 262. The molecule has 0 spiro atoms. The Kier molecular flexibility index (Phi) is 3.41. The summed E-state index contributed by atoms with van der Waals surface area (Å²) >= 11 is 0. The molecule has 0 aliphatic heterocycles. The minimum absolute atomic E-state index is 0.0403. The first kappa shape index (κ1) is 10.3. The molecule has 4 nitrogen and oxygen atoms in total. The van der Waals surface area contributed by atoms with Crippen molar-refractivity contribution in [3.8, 4) is 0 Å². The second kappa shape index (κ2) is 3.64. The van der Waals surface area contributed by atoms with Crippen molar-refractivity contribution >= 4 is 15.2 Å². The molecule has 11 heavy (non-hydrogen) atoms. The highest BCUT2D eigenvalue weighted by Gasteiger charge is 2.22. The fourth-order valence-corrected chi connectivity index (χ4v) is 1.27. The van der Waals surface area contributed by atoms with Crippen molar-refractivity contribution in [2.24, 2.45) is 0 Å². The van der Waals surface area contributed by atoms with Crippen LogP contribution in [0.2, 0.25) is 0 Å². The predicted molar refractivity (Wildman–Crippen MR) is 40.4 cm³/mol. The fourth-order valence-electron chi connectivity index (χ4n) is 0.422. The number of hydrogen-bond acceptors (Lipinski definition) is 4. The van der Waals surface area contributed by atoms with E-state index in [9.17, 15) is 13.2 Å². The quantitative estimate of drug-likeness (QED) is 0.465. The second-order valence-electron chi connectivity index (χ2n) is 1.93. The third-order valence-corrected chi connectivity index (χ3v) is 2.20. The van der Waals surface area contributed by atoms with Crippen LogP contribution in [0.25, 0.3) is 0 Å². The largest absolute Gasteiger partial charge is 0.335 e. The molecule has 0 aromatic heterocycles. The molecule has 0 aromatic carbocycles. The van der Waals surface area contributed by atoms with Gasteiger partial charge < -0.3 is 0 Å². The molecule has 0 saturated heterocycles. The zero-order chi connectivity index (χ0) is 9.07. The van der Waals surface area contributed by atoms with Crippen molar-refractivity contribution in [1.82, 2.24) is 0 Å². The van der Waals surface area contributed by atoms with E-state index in [-0.39, 0.29) is 12.2 Å². The van der Waals surface area contributed by atoms with Crippen LogP contribution in [0.4, 0.5) is 0 Å². The summed E-state index contributed by atoms with van der Waals surface area (Å²) in [4.78, 5) is 10.7. The molecule has 0 aliphatic carbocycles. The van der Waals surface area contributed by atoms with Crippen LogP contribution in [0.15, 0.2) is 12.2 Å². The van der Waals surface area contributed by atoms with Crippen molar-refractivity contribution in [3.63, 3.8) is 0 Å². The first-order valence-corrected chi connectivity index (χ1v) is 4.42. The summed E-state index contributed by atoms with van der Waals surface area (Å²) in [7, 11) is -4.05. The van der Waals surface area contributed by atoms with Gasteiger partial charge in [0.25, 0.3) is 5.12 Å². The molecule has 0 rings (SSSR count). The fraction of sp³-hybridized carbons (Fsp3) is 0.500. The predicted octanol–water partition coefficient (Wildman–Crippen LogP) is 0.455. The van der Waals surface area contributed by atoms with Crippen LogP contribution < -0.4 is 0 Å². The van der Waals surface area contributed by atoms with Crippen molar-refractivity contribution in [1.29, 1.82) is 0 Å². The van der Waals surface area contributed by atoms with Crippen LogP contribution in [0.3, 0.4) is 0 Å². The SMILES string of the molecule is C=C(C)C(=O)S(=O)(=O)OCC. The Morgan fingerprint density at radius 3 is 2.27 bits per heavy atom. The molecule has 0 bridgehead atoms. The van der Waals surface area contributed by atoms with Crippen LogP contribution in [-0.2, 0) is 19.1 Å². The maximum atomic E-state index is 10.7. The van der Waals surface area contributed by atoms with Gasteiger partial charge in [-0.2, -0.15) is 8.42 Å². The zero-order valence-electron chi connectivity index (χ0n) is 6.46. The summed E-state index contributed by atoms with van der Waals surface area (Å²) in [5, 5.41) is -1.06. The van der Waals surface area contributed by atoms with Gasteiger partial charge in [0.1, 0.15) is 0 Å². The van der Waals surface area contributed by atoms with Gasteiger partial charge in [0.05, 0.1) is 6.61 Å². The molecular weight excluding hydrogens is 168 g/mol. The van der Waals surface area contributed by atoms with Crippen molar-refractivity contribution in [2.75, 3.05) is 6.61 Å². The molecule has 0 amide bonds. The molecule has 0 radical (unpaired) electrons. The third-order valence-electron chi connectivity index (χ3n) is 0.849. The van der Waals surface area contributed by atoms with E-state index < -0.39 is 15.2 Å². The maximum Gasteiger partial charge on any atom is 0.335 e. The summed E-state index contributed by atoms with van der Waals surface area (Å²) in [6, 6.07) is 0. The highest BCUT2D eigenvalue weighted by atomic mass is 32.2. The van der Waals surface area contributed by atoms with Crippen molar-refractivity contribution < 1.29 is 17.4 Å². The lowest BCUT2D eigenvalue weighted by atomic mass is 10.4.